The highest BCUT2D eigenvalue weighted by atomic mass is 32.2. The molecular weight excluding hydrogens is 278 g/mol. The largest absolute Gasteiger partial charge is 0.381 e. The minimum Gasteiger partial charge on any atom is -0.381 e. The molecule has 2 N–H and O–H groups in total. The third-order valence-corrected chi connectivity index (χ3v) is 5.01. The van der Waals surface area contributed by atoms with Crippen molar-refractivity contribution in [2.75, 3.05) is 46.4 Å². The highest BCUT2D eigenvalue weighted by Crippen LogP contribution is 2.12. The molecule has 0 amide bonds. The fourth-order valence-corrected chi connectivity index (χ4v) is 3.19. The van der Waals surface area contributed by atoms with E-state index in [4.69, 9.17) is 4.74 Å². The molecule has 1 heterocycles. The molecule has 1 atom stereocenters. The second kappa shape index (κ2) is 9.68. The summed E-state index contributed by atoms with van der Waals surface area (Å²) in [5, 5.41) is 3.27. The van der Waals surface area contributed by atoms with E-state index in [1.54, 1.807) is 7.05 Å². The predicted molar refractivity (Wildman–Crippen MR) is 80.9 cm³/mol. The summed E-state index contributed by atoms with van der Waals surface area (Å²) in [5.41, 5.74) is 0. The Morgan fingerprint density at radius 3 is 2.80 bits per heavy atom. The molecule has 0 bridgehead atoms. The van der Waals surface area contributed by atoms with Gasteiger partial charge in [0, 0.05) is 26.7 Å². The molecule has 1 aliphatic rings. The topological polar surface area (TPSA) is 70.7 Å². The van der Waals surface area contributed by atoms with Gasteiger partial charge in [-0.3, -0.25) is 0 Å². The van der Waals surface area contributed by atoms with Crippen molar-refractivity contribution in [1.29, 1.82) is 0 Å². The smallest absolute Gasteiger partial charge is 0.279 e. The maximum absolute atomic E-state index is 12.0. The van der Waals surface area contributed by atoms with Gasteiger partial charge in [0.15, 0.2) is 0 Å². The molecule has 0 aromatic rings. The molecule has 7 heteroatoms. The van der Waals surface area contributed by atoms with Gasteiger partial charge in [-0.2, -0.15) is 12.7 Å². The zero-order valence-corrected chi connectivity index (χ0v) is 13.5. The normalized spacial score (nSPS) is 20.4. The van der Waals surface area contributed by atoms with Crippen LogP contribution in [0.5, 0.6) is 0 Å². The maximum atomic E-state index is 12.0. The molecule has 6 nitrogen and oxygen atoms in total. The Morgan fingerprint density at radius 1 is 1.35 bits per heavy atom. The Labute approximate surface area is 123 Å². The molecule has 1 saturated heterocycles. The molecule has 120 valence electrons. The Balaban J connectivity index is 2.20. The standard InChI is InChI=1S/C13H29N3O3S/c1-3-7-14-8-5-9-16(2)20(17,18)15-11-13-6-4-10-19-12-13/h13-15H,3-12H2,1-2H3. The van der Waals surface area contributed by atoms with Gasteiger partial charge in [0.1, 0.15) is 0 Å². The van der Waals surface area contributed by atoms with Crippen LogP contribution in [0.15, 0.2) is 0 Å². The van der Waals surface area contributed by atoms with E-state index >= 15 is 0 Å². The van der Waals surface area contributed by atoms with Crippen molar-refractivity contribution in [1.82, 2.24) is 14.3 Å². The van der Waals surface area contributed by atoms with Crippen LogP contribution in [0, 0.1) is 5.92 Å². The van der Waals surface area contributed by atoms with Crippen molar-refractivity contribution in [3.63, 3.8) is 0 Å². The first-order chi connectivity index (χ1) is 9.56. The SMILES string of the molecule is CCCNCCCN(C)S(=O)(=O)NCC1CCCOC1. The molecule has 0 aromatic heterocycles. The fourth-order valence-electron chi connectivity index (χ4n) is 2.15. The second-order valence-corrected chi connectivity index (χ2v) is 7.22. The molecule has 0 saturated carbocycles. The molecule has 1 unspecified atom stereocenters. The highest BCUT2D eigenvalue weighted by Gasteiger charge is 2.20. The summed E-state index contributed by atoms with van der Waals surface area (Å²) in [5.74, 6) is 0.304. The van der Waals surface area contributed by atoms with Crippen LogP contribution in [0.3, 0.4) is 0 Å². The summed E-state index contributed by atoms with van der Waals surface area (Å²) in [7, 11) is -1.73. The van der Waals surface area contributed by atoms with Gasteiger partial charge in [-0.05, 0) is 44.7 Å². The summed E-state index contributed by atoms with van der Waals surface area (Å²) in [6.07, 6.45) is 3.97. The minimum absolute atomic E-state index is 0.304. The summed E-state index contributed by atoms with van der Waals surface area (Å²) in [6, 6.07) is 0. The lowest BCUT2D eigenvalue weighted by atomic mass is 10.0. The van der Waals surface area contributed by atoms with E-state index in [1.807, 2.05) is 0 Å². The number of nitrogens with one attached hydrogen (secondary N) is 2. The molecule has 0 radical (unpaired) electrons. The van der Waals surface area contributed by atoms with Crippen LogP contribution in [-0.2, 0) is 14.9 Å². The number of ether oxygens (including phenoxy) is 1. The number of nitrogens with zero attached hydrogens (tertiary/aromatic N) is 1. The average molecular weight is 307 g/mol. The molecule has 0 aliphatic carbocycles. The van der Waals surface area contributed by atoms with Gasteiger partial charge < -0.3 is 10.1 Å². The van der Waals surface area contributed by atoms with Gasteiger partial charge in [0.2, 0.25) is 0 Å². The van der Waals surface area contributed by atoms with E-state index in [0.717, 1.165) is 45.4 Å². The summed E-state index contributed by atoms with van der Waals surface area (Å²) >= 11 is 0. The lowest BCUT2D eigenvalue weighted by Crippen LogP contribution is -2.42. The third kappa shape index (κ3) is 6.99. The maximum Gasteiger partial charge on any atom is 0.279 e. The lowest BCUT2D eigenvalue weighted by molar-refractivity contribution is 0.0566. The summed E-state index contributed by atoms with van der Waals surface area (Å²) < 4.78 is 33.5. The Bertz CT molecular complexity index is 343. The first-order valence-electron chi connectivity index (χ1n) is 7.55. The Morgan fingerprint density at radius 2 is 2.15 bits per heavy atom. The van der Waals surface area contributed by atoms with Crippen molar-refractivity contribution in [3.8, 4) is 0 Å². The first kappa shape index (κ1) is 17.8. The molecule has 20 heavy (non-hydrogen) atoms. The molecule has 0 aromatic carbocycles. The number of hydrogen-bond donors (Lipinski definition) is 2. The quantitative estimate of drug-likeness (QED) is 0.579. The van der Waals surface area contributed by atoms with Crippen LogP contribution in [-0.4, -0.2) is 59.2 Å². The van der Waals surface area contributed by atoms with E-state index < -0.39 is 10.2 Å². The van der Waals surface area contributed by atoms with Crippen molar-refractivity contribution in [3.05, 3.63) is 0 Å². The van der Waals surface area contributed by atoms with E-state index in [9.17, 15) is 8.42 Å². The highest BCUT2D eigenvalue weighted by molar-refractivity contribution is 7.87. The van der Waals surface area contributed by atoms with E-state index in [2.05, 4.69) is 17.0 Å². The fraction of sp³-hybridized carbons (Fsp3) is 1.00. The van der Waals surface area contributed by atoms with Gasteiger partial charge >= 0.3 is 0 Å². The van der Waals surface area contributed by atoms with Crippen LogP contribution in [0.4, 0.5) is 0 Å². The van der Waals surface area contributed by atoms with Gasteiger partial charge in [0.25, 0.3) is 10.2 Å². The van der Waals surface area contributed by atoms with Gasteiger partial charge in [0.05, 0.1) is 6.61 Å². The third-order valence-electron chi connectivity index (χ3n) is 3.47. The van der Waals surface area contributed by atoms with Crippen LogP contribution in [0.2, 0.25) is 0 Å². The molecular formula is C13H29N3O3S. The zero-order valence-electron chi connectivity index (χ0n) is 12.7. The minimum atomic E-state index is -3.35. The Kier molecular flexibility index (Phi) is 8.63. The monoisotopic (exact) mass is 307 g/mol. The summed E-state index contributed by atoms with van der Waals surface area (Å²) in [6.45, 7) is 6.41. The lowest BCUT2D eigenvalue weighted by Gasteiger charge is -2.24. The molecule has 1 rings (SSSR count). The van der Waals surface area contributed by atoms with Gasteiger partial charge in [-0.25, -0.2) is 4.72 Å². The van der Waals surface area contributed by atoms with Crippen molar-refractivity contribution < 1.29 is 13.2 Å². The average Bonchev–Trinajstić information content (AvgIpc) is 2.46. The van der Waals surface area contributed by atoms with E-state index in [0.29, 0.717) is 25.6 Å². The van der Waals surface area contributed by atoms with Gasteiger partial charge in [-0.15, -0.1) is 0 Å². The van der Waals surface area contributed by atoms with Crippen molar-refractivity contribution in [2.24, 2.45) is 5.92 Å². The van der Waals surface area contributed by atoms with Crippen LogP contribution >= 0.6 is 0 Å². The van der Waals surface area contributed by atoms with Crippen LogP contribution in [0.25, 0.3) is 0 Å². The molecule has 1 fully saturated rings. The second-order valence-electron chi connectivity index (χ2n) is 5.36. The number of hydrogen-bond acceptors (Lipinski definition) is 4. The Hall–Kier alpha value is -0.210. The predicted octanol–water partition coefficient (Wildman–Crippen LogP) is 0.569. The van der Waals surface area contributed by atoms with E-state index in [-0.39, 0.29) is 0 Å². The molecule has 1 aliphatic heterocycles. The zero-order chi connectivity index (χ0) is 14.8. The van der Waals surface area contributed by atoms with Crippen LogP contribution < -0.4 is 10.0 Å². The van der Waals surface area contributed by atoms with E-state index in [1.165, 1.54) is 4.31 Å². The van der Waals surface area contributed by atoms with Crippen LogP contribution in [0.1, 0.15) is 32.6 Å². The number of rotatable bonds is 10. The first-order valence-corrected chi connectivity index (χ1v) is 8.99. The van der Waals surface area contributed by atoms with Crippen molar-refractivity contribution >= 4 is 10.2 Å². The van der Waals surface area contributed by atoms with Crippen molar-refractivity contribution in [2.45, 2.75) is 32.6 Å². The van der Waals surface area contributed by atoms with Gasteiger partial charge in [-0.1, -0.05) is 6.92 Å². The summed E-state index contributed by atoms with van der Waals surface area (Å²) in [4.78, 5) is 0. The molecule has 0 spiro atoms.